The summed E-state index contributed by atoms with van der Waals surface area (Å²) in [7, 11) is 0. The topological polar surface area (TPSA) is 0 Å². The third-order valence-electron chi connectivity index (χ3n) is 6.20. The molecule has 0 spiro atoms. The summed E-state index contributed by atoms with van der Waals surface area (Å²) in [6.45, 7) is 7.89. The zero-order valence-corrected chi connectivity index (χ0v) is 17.5. The van der Waals surface area contributed by atoms with Crippen molar-refractivity contribution >= 4 is 0 Å². The van der Waals surface area contributed by atoms with E-state index in [0.29, 0.717) is 11.5 Å². The van der Waals surface area contributed by atoms with Gasteiger partial charge in [-0.15, -0.1) is 6.58 Å². The van der Waals surface area contributed by atoms with E-state index in [1.54, 1.807) is 6.08 Å². The second-order valence-corrected chi connectivity index (χ2v) is 8.02. The van der Waals surface area contributed by atoms with E-state index in [0.717, 1.165) is 38.5 Å². The van der Waals surface area contributed by atoms with Gasteiger partial charge in [-0.1, -0.05) is 56.0 Å². The van der Waals surface area contributed by atoms with Gasteiger partial charge in [-0.3, -0.25) is 0 Å². The molecule has 0 aliphatic heterocycles. The molecule has 0 bridgehead atoms. The van der Waals surface area contributed by atoms with Crippen molar-refractivity contribution in [3.05, 3.63) is 82.9 Å². The average Bonchev–Trinajstić information content (AvgIpc) is 2.74. The van der Waals surface area contributed by atoms with Gasteiger partial charge in [0.1, 0.15) is 11.6 Å². The quantitative estimate of drug-likeness (QED) is 0.364. The fourth-order valence-corrected chi connectivity index (χ4v) is 4.24. The maximum Gasteiger partial charge on any atom is 0.142 e. The lowest BCUT2D eigenvalue weighted by Crippen LogP contribution is -2.12. The van der Waals surface area contributed by atoms with Crippen molar-refractivity contribution < 1.29 is 8.78 Å². The molecule has 1 aliphatic rings. The lowest BCUT2D eigenvalue weighted by molar-refractivity contribution is 0.384. The van der Waals surface area contributed by atoms with Crippen LogP contribution < -0.4 is 0 Å². The summed E-state index contributed by atoms with van der Waals surface area (Å²) in [6, 6.07) is 11.7. The Morgan fingerprint density at radius 2 is 1.66 bits per heavy atom. The number of benzene rings is 2. The number of halogens is 2. The Labute approximate surface area is 174 Å². The summed E-state index contributed by atoms with van der Waals surface area (Å²) in [6.07, 6.45) is 7.65. The first-order valence-electron chi connectivity index (χ1n) is 10.8. The van der Waals surface area contributed by atoms with E-state index < -0.39 is 11.6 Å². The standard InChI is InChI=1S/C27H30F2/c1-4-19-7-12-22(13-8-19)23-14-9-20(10-15-23)11-16-25-26(28)17-24(18-27(25)29)21(5-2)6-3/h5,7-8,12-13,17-18,20-21,23H,2,4,6,9-10,14-15H2,1,3H3/t20-,21?,23-. The van der Waals surface area contributed by atoms with Crippen molar-refractivity contribution in [3.63, 3.8) is 0 Å². The van der Waals surface area contributed by atoms with Gasteiger partial charge in [-0.2, -0.15) is 0 Å². The van der Waals surface area contributed by atoms with Crippen molar-refractivity contribution in [2.45, 2.75) is 64.2 Å². The monoisotopic (exact) mass is 392 g/mol. The van der Waals surface area contributed by atoms with Crippen LogP contribution in [0.5, 0.6) is 0 Å². The lowest BCUT2D eigenvalue weighted by Gasteiger charge is -2.26. The highest BCUT2D eigenvalue weighted by atomic mass is 19.1. The molecule has 3 rings (SSSR count). The van der Waals surface area contributed by atoms with E-state index in [1.165, 1.54) is 23.3 Å². The van der Waals surface area contributed by atoms with Crippen molar-refractivity contribution in [2.24, 2.45) is 5.92 Å². The molecule has 29 heavy (non-hydrogen) atoms. The molecular formula is C27H30F2. The van der Waals surface area contributed by atoms with Gasteiger partial charge in [-0.05, 0) is 73.3 Å². The van der Waals surface area contributed by atoms with Gasteiger partial charge in [0, 0.05) is 11.8 Å². The highest BCUT2D eigenvalue weighted by molar-refractivity contribution is 5.41. The summed E-state index contributed by atoms with van der Waals surface area (Å²) >= 11 is 0. The molecular weight excluding hydrogens is 362 g/mol. The Morgan fingerprint density at radius 3 is 2.17 bits per heavy atom. The molecule has 0 radical (unpaired) electrons. The van der Waals surface area contributed by atoms with Gasteiger partial charge in [0.25, 0.3) is 0 Å². The van der Waals surface area contributed by atoms with Gasteiger partial charge < -0.3 is 0 Å². The Kier molecular flexibility index (Phi) is 7.26. The van der Waals surface area contributed by atoms with Gasteiger partial charge >= 0.3 is 0 Å². The van der Waals surface area contributed by atoms with E-state index in [9.17, 15) is 8.78 Å². The van der Waals surface area contributed by atoms with E-state index in [4.69, 9.17) is 0 Å². The van der Waals surface area contributed by atoms with E-state index in [1.807, 2.05) is 6.92 Å². The molecule has 152 valence electrons. The summed E-state index contributed by atoms with van der Waals surface area (Å²) in [5.74, 6) is 5.52. The average molecular weight is 393 g/mol. The molecule has 0 nitrogen and oxygen atoms in total. The Balaban J connectivity index is 1.66. The molecule has 0 heterocycles. The third kappa shape index (κ3) is 5.15. The first-order chi connectivity index (χ1) is 14.0. The largest absolute Gasteiger partial charge is 0.206 e. The van der Waals surface area contributed by atoms with Crippen LogP contribution in [0.1, 0.15) is 80.0 Å². The maximum atomic E-state index is 14.5. The van der Waals surface area contributed by atoms with E-state index in [-0.39, 0.29) is 17.4 Å². The highest BCUT2D eigenvalue weighted by Gasteiger charge is 2.21. The molecule has 2 heteroatoms. The smallest absolute Gasteiger partial charge is 0.142 e. The first kappa shape index (κ1) is 21.3. The van der Waals surface area contributed by atoms with Crippen molar-refractivity contribution in [2.75, 3.05) is 0 Å². The van der Waals surface area contributed by atoms with Gasteiger partial charge in [0.05, 0.1) is 5.56 Å². The highest BCUT2D eigenvalue weighted by Crippen LogP contribution is 2.35. The molecule has 1 unspecified atom stereocenters. The second kappa shape index (κ2) is 9.88. The predicted octanol–water partition coefficient (Wildman–Crippen LogP) is 7.53. The first-order valence-corrected chi connectivity index (χ1v) is 10.8. The van der Waals surface area contributed by atoms with Gasteiger partial charge in [0.15, 0.2) is 0 Å². The normalized spacial score (nSPS) is 19.9. The Hall–Kier alpha value is -2.40. The predicted molar refractivity (Wildman–Crippen MR) is 117 cm³/mol. The second-order valence-electron chi connectivity index (χ2n) is 8.02. The molecule has 0 aromatic heterocycles. The van der Waals surface area contributed by atoms with Crippen LogP contribution in [0, 0.1) is 29.4 Å². The van der Waals surface area contributed by atoms with E-state index >= 15 is 0 Å². The molecule has 0 saturated heterocycles. The summed E-state index contributed by atoms with van der Waals surface area (Å²) in [5.41, 5.74) is 3.28. The Bertz CT molecular complexity index is 867. The fraction of sp³-hybridized carbons (Fsp3) is 0.407. The molecule has 1 atom stereocenters. The number of hydrogen-bond acceptors (Lipinski definition) is 0. The molecule has 1 saturated carbocycles. The van der Waals surface area contributed by atoms with Crippen LogP contribution in [0.4, 0.5) is 8.78 Å². The molecule has 2 aromatic rings. The summed E-state index contributed by atoms with van der Waals surface area (Å²) in [4.78, 5) is 0. The fourth-order valence-electron chi connectivity index (χ4n) is 4.24. The van der Waals surface area contributed by atoms with Crippen molar-refractivity contribution in [1.29, 1.82) is 0 Å². The van der Waals surface area contributed by atoms with Crippen LogP contribution in [0.25, 0.3) is 0 Å². The summed E-state index contributed by atoms with van der Waals surface area (Å²) < 4.78 is 28.9. The van der Waals surface area contributed by atoms with Crippen LogP contribution in [-0.2, 0) is 6.42 Å². The number of rotatable bonds is 5. The number of allylic oxidation sites excluding steroid dienone is 1. The van der Waals surface area contributed by atoms with E-state index in [2.05, 4.69) is 49.6 Å². The molecule has 0 N–H and O–H groups in total. The Morgan fingerprint density at radius 1 is 1.03 bits per heavy atom. The van der Waals surface area contributed by atoms with Crippen LogP contribution in [-0.4, -0.2) is 0 Å². The SMILES string of the molecule is C=CC(CC)c1cc(F)c(C#C[C@H]2CC[C@H](c3ccc(CC)cc3)CC2)c(F)c1. The molecule has 1 aliphatic carbocycles. The summed E-state index contributed by atoms with van der Waals surface area (Å²) in [5, 5.41) is 0. The van der Waals surface area contributed by atoms with Gasteiger partial charge in [-0.25, -0.2) is 8.78 Å². The molecule has 2 aromatic carbocycles. The van der Waals surface area contributed by atoms with Crippen molar-refractivity contribution in [1.82, 2.24) is 0 Å². The van der Waals surface area contributed by atoms with Crippen LogP contribution in [0.2, 0.25) is 0 Å². The zero-order valence-electron chi connectivity index (χ0n) is 17.5. The lowest BCUT2D eigenvalue weighted by atomic mass is 9.79. The minimum absolute atomic E-state index is 0.0392. The third-order valence-corrected chi connectivity index (χ3v) is 6.20. The van der Waals surface area contributed by atoms with Crippen LogP contribution in [0.15, 0.2) is 49.1 Å². The van der Waals surface area contributed by atoms with Crippen LogP contribution >= 0.6 is 0 Å². The van der Waals surface area contributed by atoms with Gasteiger partial charge in [0.2, 0.25) is 0 Å². The molecule has 1 fully saturated rings. The number of hydrogen-bond donors (Lipinski definition) is 0. The van der Waals surface area contributed by atoms with Crippen LogP contribution in [0.3, 0.4) is 0 Å². The zero-order chi connectivity index (χ0) is 20.8. The number of aryl methyl sites for hydroxylation is 1. The molecule has 0 amide bonds. The minimum Gasteiger partial charge on any atom is -0.206 e. The van der Waals surface area contributed by atoms with Crippen molar-refractivity contribution in [3.8, 4) is 11.8 Å². The minimum atomic E-state index is -0.572. The maximum absolute atomic E-state index is 14.5.